The first-order valence-corrected chi connectivity index (χ1v) is 10.5. The molecule has 3 rings (SSSR count). The quantitative estimate of drug-likeness (QED) is 0.388. The van der Waals surface area contributed by atoms with E-state index in [0.29, 0.717) is 18.9 Å². The fourth-order valence-corrected chi connectivity index (χ4v) is 4.32. The molecule has 0 saturated carbocycles. The van der Waals surface area contributed by atoms with Crippen molar-refractivity contribution in [2.24, 2.45) is 0 Å². The number of ether oxygens (including phenoxy) is 1. The number of halogens is 1. The van der Waals surface area contributed by atoms with Gasteiger partial charge in [0.2, 0.25) is 0 Å². The average Bonchev–Trinajstić information content (AvgIpc) is 3.29. The van der Waals surface area contributed by atoms with Gasteiger partial charge in [-0.15, -0.1) is 11.3 Å². The summed E-state index contributed by atoms with van der Waals surface area (Å²) in [6.07, 6.45) is 1.66. The first kappa shape index (κ1) is 20.4. The molecular formula is C21H22ClNO4S. The van der Waals surface area contributed by atoms with Gasteiger partial charge in [0.05, 0.1) is 23.2 Å². The van der Waals surface area contributed by atoms with E-state index in [-0.39, 0.29) is 21.9 Å². The number of hydrogen-bond donors (Lipinski definition) is 1. The molecule has 1 N–H and O–H groups in total. The molecule has 7 heteroatoms. The van der Waals surface area contributed by atoms with Crippen LogP contribution in [-0.2, 0) is 9.59 Å². The van der Waals surface area contributed by atoms with Gasteiger partial charge in [0.15, 0.2) is 0 Å². The van der Waals surface area contributed by atoms with Crippen LogP contribution in [0.25, 0.3) is 5.76 Å². The number of amides is 1. The van der Waals surface area contributed by atoms with E-state index < -0.39 is 17.7 Å². The fraction of sp³-hybridized carbons (Fsp3) is 0.333. The number of hydrogen-bond acceptors (Lipinski definition) is 5. The fourth-order valence-electron chi connectivity index (χ4n) is 3.27. The zero-order valence-corrected chi connectivity index (χ0v) is 17.3. The molecule has 1 fully saturated rings. The molecule has 1 atom stereocenters. The Morgan fingerprint density at radius 2 is 2.07 bits per heavy atom. The van der Waals surface area contributed by atoms with Gasteiger partial charge < -0.3 is 14.7 Å². The molecule has 28 heavy (non-hydrogen) atoms. The largest absolute Gasteiger partial charge is 0.507 e. The van der Waals surface area contributed by atoms with Gasteiger partial charge in [-0.05, 0) is 43.0 Å². The number of rotatable bonds is 7. The first-order chi connectivity index (χ1) is 13.5. The van der Waals surface area contributed by atoms with Gasteiger partial charge in [-0.25, -0.2) is 0 Å². The molecule has 1 aromatic heterocycles. The number of aliphatic hydroxyl groups is 1. The summed E-state index contributed by atoms with van der Waals surface area (Å²) in [4.78, 5) is 27.9. The number of aliphatic hydroxyl groups excluding tert-OH is 1. The van der Waals surface area contributed by atoms with Gasteiger partial charge in [0, 0.05) is 17.0 Å². The first-order valence-electron chi connectivity index (χ1n) is 9.24. The van der Waals surface area contributed by atoms with Crippen LogP contribution in [0, 0.1) is 0 Å². The van der Waals surface area contributed by atoms with Crippen molar-refractivity contribution in [1.82, 2.24) is 4.90 Å². The second kappa shape index (κ2) is 8.80. The van der Waals surface area contributed by atoms with E-state index in [1.165, 1.54) is 11.3 Å². The Morgan fingerprint density at radius 1 is 1.29 bits per heavy atom. The average molecular weight is 420 g/mol. The molecule has 0 spiro atoms. The highest BCUT2D eigenvalue weighted by Crippen LogP contribution is 2.42. The molecule has 2 heterocycles. The van der Waals surface area contributed by atoms with Gasteiger partial charge >= 0.3 is 0 Å². The summed E-state index contributed by atoms with van der Waals surface area (Å²) in [5.41, 5.74) is 0.349. The van der Waals surface area contributed by atoms with Crippen LogP contribution in [0.15, 0.2) is 41.3 Å². The predicted octanol–water partition coefficient (Wildman–Crippen LogP) is 5.02. The van der Waals surface area contributed by atoms with Gasteiger partial charge in [-0.2, -0.15) is 0 Å². The summed E-state index contributed by atoms with van der Waals surface area (Å²) in [5.74, 6) is -1.03. The highest BCUT2D eigenvalue weighted by Gasteiger charge is 2.46. The SMILES string of the molecule is CCCCN1C(=O)C(=O)/C(=C(\O)c2cc(OCC)ccc2Cl)C1c1cccs1. The molecule has 1 amide bonds. The summed E-state index contributed by atoms with van der Waals surface area (Å²) in [6.45, 7) is 4.78. The molecule has 1 aromatic carbocycles. The lowest BCUT2D eigenvalue weighted by atomic mass is 9.99. The van der Waals surface area contributed by atoms with E-state index in [2.05, 4.69) is 0 Å². The van der Waals surface area contributed by atoms with E-state index in [4.69, 9.17) is 16.3 Å². The van der Waals surface area contributed by atoms with Crippen molar-refractivity contribution in [1.29, 1.82) is 0 Å². The minimum Gasteiger partial charge on any atom is -0.507 e. The number of carbonyl (C=O) groups excluding carboxylic acids is 2. The lowest BCUT2D eigenvalue weighted by Crippen LogP contribution is -2.30. The molecule has 5 nitrogen and oxygen atoms in total. The molecule has 0 bridgehead atoms. The van der Waals surface area contributed by atoms with Gasteiger partial charge in [-0.3, -0.25) is 9.59 Å². The maximum Gasteiger partial charge on any atom is 0.295 e. The highest BCUT2D eigenvalue weighted by atomic mass is 35.5. The zero-order valence-electron chi connectivity index (χ0n) is 15.8. The van der Waals surface area contributed by atoms with Crippen molar-refractivity contribution in [3.8, 4) is 5.75 Å². The molecule has 1 saturated heterocycles. The van der Waals surface area contributed by atoms with Crippen molar-refractivity contribution >= 4 is 40.4 Å². The van der Waals surface area contributed by atoms with Crippen LogP contribution in [-0.4, -0.2) is 34.8 Å². The summed E-state index contributed by atoms with van der Waals surface area (Å²) in [7, 11) is 0. The van der Waals surface area contributed by atoms with E-state index in [1.807, 2.05) is 31.4 Å². The highest BCUT2D eigenvalue weighted by molar-refractivity contribution is 7.10. The number of nitrogens with zero attached hydrogens (tertiary/aromatic N) is 1. The second-order valence-electron chi connectivity index (χ2n) is 6.44. The Balaban J connectivity index is 2.15. The van der Waals surface area contributed by atoms with Crippen molar-refractivity contribution in [3.63, 3.8) is 0 Å². The molecule has 1 aliphatic heterocycles. The zero-order chi connectivity index (χ0) is 20.3. The van der Waals surface area contributed by atoms with Crippen LogP contribution < -0.4 is 4.74 Å². The maximum absolute atomic E-state index is 12.8. The molecule has 2 aromatic rings. The normalized spacial score (nSPS) is 18.7. The lowest BCUT2D eigenvalue weighted by Gasteiger charge is -2.24. The minimum absolute atomic E-state index is 0.0686. The van der Waals surface area contributed by atoms with E-state index >= 15 is 0 Å². The van der Waals surface area contributed by atoms with Crippen LogP contribution in [0.5, 0.6) is 5.75 Å². The van der Waals surface area contributed by atoms with E-state index in [1.54, 1.807) is 23.1 Å². The summed E-state index contributed by atoms with van der Waals surface area (Å²) in [6, 6.07) is 8.01. The van der Waals surface area contributed by atoms with Crippen molar-refractivity contribution < 1.29 is 19.4 Å². The van der Waals surface area contributed by atoms with Gasteiger partial charge in [0.1, 0.15) is 11.5 Å². The molecular weight excluding hydrogens is 398 g/mol. The van der Waals surface area contributed by atoms with Gasteiger partial charge in [-0.1, -0.05) is 31.0 Å². The Bertz CT molecular complexity index is 907. The molecule has 1 aliphatic rings. The summed E-state index contributed by atoms with van der Waals surface area (Å²) < 4.78 is 5.48. The second-order valence-corrected chi connectivity index (χ2v) is 7.82. The van der Waals surface area contributed by atoms with E-state index in [0.717, 1.165) is 17.7 Å². The van der Waals surface area contributed by atoms with Crippen LogP contribution in [0.1, 0.15) is 43.2 Å². The van der Waals surface area contributed by atoms with Crippen molar-refractivity contribution in [2.45, 2.75) is 32.7 Å². The van der Waals surface area contributed by atoms with Crippen LogP contribution in [0.3, 0.4) is 0 Å². The smallest absolute Gasteiger partial charge is 0.295 e. The van der Waals surface area contributed by atoms with Crippen molar-refractivity contribution in [3.05, 3.63) is 56.7 Å². The molecule has 148 valence electrons. The summed E-state index contributed by atoms with van der Waals surface area (Å²) in [5, 5.41) is 13.2. The number of carbonyl (C=O) groups is 2. The van der Waals surface area contributed by atoms with Crippen molar-refractivity contribution in [2.75, 3.05) is 13.2 Å². The number of benzene rings is 1. The Morgan fingerprint density at radius 3 is 2.71 bits per heavy atom. The van der Waals surface area contributed by atoms with Crippen LogP contribution >= 0.6 is 22.9 Å². The van der Waals surface area contributed by atoms with E-state index in [9.17, 15) is 14.7 Å². The maximum atomic E-state index is 12.8. The third kappa shape index (κ3) is 3.80. The summed E-state index contributed by atoms with van der Waals surface area (Å²) >= 11 is 7.73. The third-order valence-electron chi connectivity index (χ3n) is 4.61. The minimum atomic E-state index is -0.690. The lowest BCUT2D eigenvalue weighted by molar-refractivity contribution is -0.139. The molecule has 0 radical (unpaired) electrons. The molecule has 1 unspecified atom stereocenters. The standard InChI is InChI=1S/C21H22ClNO4S/c1-3-5-10-23-18(16-7-6-11-28-16)17(20(25)21(23)26)19(24)14-12-13(27-4-2)8-9-15(14)22/h6-9,11-12,18,24H,3-5,10H2,1-2H3/b19-17-. The van der Waals surface area contributed by atoms with Gasteiger partial charge in [0.25, 0.3) is 11.7 Å². The van der Waals surface area contributed by atoms with Crippen LogP contribution in [0.4, 0.5) is 0 Å². The third-order valence-corrected chi connectivity index (χ3v) is 5.86. The predicted molar refractivity (Wildman–Crippen MR) is 111 cm³/mol. The Kier molecular flexibility index (Phi) is 6.42. The number of Topliss-reactive ketones (excluding diaryl/α,β-unsaturated/α-hetero) is 1. The number of thiophene rings is 1. The number of likely N-dealkylation sites (tertiary alicyclic amines) is 1. The topological polar surface area (TPSA) is 66.8 Å². The van der Waals surface area contributed by atoms with Crippen LogP contribution in [0.2, 0.25) is 5.02 Å². The monoisotopic (exact) mass is 419 g/mol. The molecule has 0 aliphatic carbocycles. The number of ketones is 1. The number of unbranched alkanes of at least 4 members (excludes halogenated alkanes) is 1. The Labute approximate surface area is 173 Å². The Hall–Kier alpha value is -2.31.